The molecule has 0 aliphatic carbocycles. The Morgan fingerprint density at radius 1 is 1.38 bits per heavy atom. The van der Waals surface area contributed by atoms with Crippen molar-refractivity contribution in [1.29, 1.82) is 0 Å². The Morgan fingerprint density at radius 3 is 2.46 bits per heavy atom. The summed E-state index contributed by atoms with van der Waals surface area (Å²) in [6.07, 6.45) is 0. The maximum atomic E-state index is 9.72. The second-order valence-corrected chi connectivity index (χ2v) is 3.93. The molecule has 0 saturated heterocycles. The Hall–Kier alpha value is -0.670. The molecule has 0 aliphatic heterocycles. The van der Waals surface area contributed by atoms with E-state index in [4.69, 9.17) is 4.74 Å². The van der Waals surface area contributed by atoms with Gasteiger partial charge in [-0.2, -0.15) is 0 Å². The Bertz CT molecular complexity index is 302. The van der Waals surface area contributed by atoms with Crippen molar-refractivity contribution in [3.05, 3.63) is 23.8 Å². The molecular formula is C10H14O2S. The summed E-state index contributed by atoms with van der Waals surface area (Å²) in [6.45, 7) is 3.47. The van der Waals surface area contributed by atoms with E-state index in [1.807, 2.05) is 12.1 Å². The van der Waals surface area contributed by atoms with Crippen LogP contribution in [0.4, 0.5) is 0 Å². The van der Waals surface area contributed by atoms with Crippen LogP contribution in [-0.4, -0.2) is 12.2 Å². The van der Waals surface area contributed by atoms with Crippen LogP contribution in [0.1, 0.15) is 19.4 Å². The number of methoxy groups -OCH3 is 1. The predicted octanol–water partition coefficient (Wildman–Crippen LogP) is 2.21. The van der Waals surface area contributed by atoms with Gasteiger partial charge in [-0.05, 0) is 31.5 Å². The number of thiol groups is 1. The first-order valence-corrected chi connectivity index (χ1v) is 4.49. The standard InChI is InChI=1S/C10H14O2S/c1-10(2,11)7-4-5-9(13)8(6-7)12-3/h4-6,11,13H,1-3H3. The molecule has 0 bridgehead atoms. The number of benzene rings is 1. The van der Waals surface area contributed by atoms with Crippen molar-refractivity contribution in [3.8, 4) is 5.75 Å². The summed E-state index contributed by atoms with van der Waals surface area (Å²) in [7, 11) is 1.59. The van der Waals surface area contributed by atoms with Crippen molar-refractivity contribution in [2.45, 2.75) is 24.3 Å². The molecule has 3 heteroatoms. The van der Waals surface area contributed by atoms with Crippen LogP contribution in [0.25, 0.3) is 0 Å². The van der Waals surface area contributed by atoms with E-state index in [1.165, 1.54) is 0 Å². The first kappa shape index (κ1) is 10.4. The fourth-order valence-electron chi connectivity index (χ4n) is 1.06. The minimum absolute atomic E-state index is 0.683. The highest BCUT2D eigenvalue weighted by Crippen LogP contribution is 2.28. The van der Waals surface area contributed by atoms with Crippen molar-refractivity contribution in [3.63, 3.8) is 0 Å². The fraction of sp³-hybridized carbons (Fsp3) is 0.400. The van der Waals surface area contributed by atoms with E-state index in [-0.39, 0.29) is 0 Å². The molecule has 1 rings (SSSR count). The SMILES string of the molecule is COc1cc(C(C)(C)O)ccc1S. The van der Waals surface area contributed by atoms with Crippen LogP contribution in [0.5, 0.6) is 5.75 Å². The van der Waals surface area contributed by atoms with E-state index in [2.05, 4.69) is 12.6 Å². The van der Waals surface area contributed by atoms with Gasteiger partial charge in [-0.25, -0.2) is 0 Å². The minimum Gasteiger partial charge on any atom is -0.496 e. The number of hydrogen-bond acceptors (Lipinski definition) is 3. The zero-order valence-corrected chi connectivity index (χ0v) is 8.93. The summed E-state index contributed by atoms with van der Waals surface area (Å²) in [5, 5.41) is 9.72. The normalized spacial score (nSPS) is 11.5. The van der Waals surface area contributed by atoms with Crippen molar-refractivity contribution in [2.24, 2.45) is 0 Å². The largest absolute Gasteiger partial charge is 0.496 e. The highest BCUT2D eigenvalue weighted by Gasteiger charge is 2.16. The predicted molar refractivity (Wildman–Crippen MR) is 55.5 cm³/mol. The van der Waals surface area contributed by atoms with Crippen LogP contribution in [-0.2, 0) is 5.60 Å². The molecule has 0 fully saturated rings. The van der Waals surface area contributed by atoms with Crippen LogP contribution in [0.15, 0.2) is 23.1 Å². The molecule has 0 saturated carbocycles. The second kappa shape index (κ2) is 3.60. The summed E-state index contributed by atoms with van der Waals surface area (Å²) in [5.41, 5.74) is -0.0171. The summed E-state index contributed by atoms with van der Waals surface area (Å²) >= 11 is 4.21. The minimum atomic E-state index is -0.839. The average molecular weight is 198 g/mol. The topological polar surface area (TPSA) is 29.5 Å². The van der Waals surface area contributed by atoms with Gasteiger partial charge in [-0.15, -0.1) is 12.6 Å². The molecule has 0 unspecified atom stereocenters. The van der Waals surface area contributed by atoms with Crippen LogP contribution in [0.2, 0.25) is 0 Å². The van der Waals surface area contributed by atoms with Gasteiger partial charge in [-0.3, -0.25) is 0 Å². The van der Waals surface area contributed by atoms with Crippen molar-refractivity contribution >= 4 is 12.6 Å². The van der Waals surface area contributed by atoms with Crippen LogP contribution < -0.4 is 4.74 Å². The van der Waals surface area contributed by atoms with Crippen LogP contribution in [0.3, 0.4) is 0 Å². The summed E-state index contributed by atoms with van der Waals surface area (Å²) in [5.74, 6) is 0.683. The Balaban J connectivity index is 3.14. The van der Waals surface area contributed by atoms with Crippen LogP contribution >= 0.6 is 12.6 Å². The summed E-state index contributed by atoms with van der Waals surface area (Å²) < 4.78 is 5.09. The lowest BCUT2D eigenvalue weighted by Crippen LogP contribution is -2.15. The zero-order chi connectivity index (χ0) is 10.1. The van der Waals surface area contributed by atoms with E-state index in [9.17, 15) is 5.11 Å². The van der Waals surface area contributed by atoms with E-state index in [0.29, 0.717) is 5.75 Å². The van der Waals surface area contributed by atoms with Gasteiger partial charge < -0.3 is 9.84 Å². The Morgan fingerprint density at radius 2 is 2.00 bits per heavy atom. The van der Waals surface area contributed by atoms with Gasteiger partial charge in [0.15, 0.2) is 0 Å². The first-order chi connectivity index (χ1) is 5.95. The summed E-state index contributed by atoms with van der Waals surface area (Å²) in [4.78, 5) is 0.774. The lowest BCUT2D eigenvalue weighted by molar-refractivity contribution is 0.0782. The lowest BCUT2D eigenvalue weighted by atomic mass is 9.98. The van der Waals surface area contributed by atoms with Crippen molar-refractivity contribution < 1.29 is 9.84 Å². The number of hydrogen-bond donors (Lipinski definition) is 2. The van der Waals surface area contributed by atoms with E-state index in [1.54, 1.807) is 27.0 Å². The van der Waals surface area contributed by atoms with E-state index < -0.39 is 5.60 Å². The third-order valence-electron chi connectivity index (χ3n) is 1.89. The number of aliphatic hydroxyl groups is 1. The highest BCUT2D eigenvalue weighted by atomic mass is 32.1. The van der Waals surface area contributed by atoms with Gasteiger partial charge in [0.1, 0.15) is 5.75 Å². The highest BCUT2D eigenvalue weighted by molar-refractivity contribution is 7.80. The monoisotopic (exact) mass is 198 g/mol. The molecule has 2 nitrogen and oxygen atoms in total. The summed E-state index contributed by atoms with van der Waals surface area (Å²) in [6, 6.07) is 5.45. The maximum absolute atomic E-state index is 9.72. The molecule has 0 heterocycles. The molecule has 13 heavy (non-hydrogen) atoms. The van der Waals surface area contributed by atoms with Gasteiger partial charge in [0.2, 0.25) is 0 Å². The van der Waals surface area contributed by atoms with Crippen LogP contribution in [0, 0.1) is 0 Å². The maximum Gasteiger partial charge on any atom is 0.132 e. The van der Waals surface area contributed by atoms with Crippen molar-refractivity contribution in [1.82, 2.24) is 0 Å². The molecule has 0 spiro atoms. The van der Waals surface area contributed by atoms with Gasteiger partial charge in [-0.1, -0.05) is 6.07 Å². The average Bonchev–Trinajstić information content (AvgIpc) is 2.03. The fourth-order valence-corrected chi connectivity index (χ4v) is 1.29. The molecule has 0 aromatic heterocycles. The molecule has 72 valence electrons. The van der Waals surface area contributed by atoms with Gasteiger partial charge in [0, 0.05) is 4.90 Å². The Labute approximate surface area is 84.0 Å². The van der Waals surface area contributed by atoms with Gasteiger partial charge >= 0.3 is 0 Å². The smallest absolute Gasteiger partial charge is 0.132 e. The molecule has 1 aromatic rings. The molecule has 0 radical (unpaired) electrons. The first-order valence-electron chi connectivity index (χ1n) is 4.05. The quantitative estimate of drug-likeness (QED) is 0.713. The van der Waals surface area contributed by atoms with E-state index in [0.717, 1.165) is 10.5 Å². The lowest BCUT2D eigenvalue weighted by Gasteiger charge is -2.18. The molecular weight excluding hydrogens is 184 g/mol. The zero-order valence-electron chi connectivity index (χ0n) is 8.03. The molecule has 1 aromatic carbocycles. The molecule has 0 amide bonds. The van der Waals surface area contributed by atoms with Crippen molar-refractivity contribution in [2.75, 3.05) is 7.11 Å². The Kier molecular flexibility index (Phi) is 2.88. The van der Waals surface area contributed by atoms with E-state index >= 15 is 0 Å². The second-order valence-electron chi connectivity index (χ2n) is 3.45. The third kappa shape index (κ3) is 2.39. The number of rotatable bonds is 2. The third-order valence-corrected chi connectivity index (χ3v) is 2.26. The number of ether oxygens (including phenoxy) is 1. The van der Waals surface area contributed by atoms with Gasteiger partial charge in [0.25, 0.3) is 0 Å². The molecule has 0 atom stereocenters. The molecule has 1 N–H and O–H groups in total. The molecule has 0 aliphatic rings. The van der Waals surface area contributed by atoms with Gasteiger partial charge in [0.05, 0.1) is 12.7 Å².